The van der Waals surface area contributed by atoms with E-state index >= 15 is 0 Å². The Hall–Kier alpha value is -4.67. The van der Waals surface area contributed by atoms with E-state index in [0.29, 0.717) is 17.8 Å². The number of phenolic OH excluding ortho intramolecular Hbond substituents is 1. The zero-order valence-corrected chi connectivity index (χ0v) is 41.9. The number of allylic oxidation sites excluding steroid dienone is 4. The summed E-state index contributed by atoms with van der Waals surface area (Å²) in [4.78, 5) is 5.35. The lowest BCUT2D eigenvalue weighted by molar-refractivity contribution is 0.223. The topological polar surface area (TPSA) is 78.8 Å². The molecule has 350 valence electrons. The van der Waals surface area contributed by atoms with E-state index in [4.69, 9.17) is 10.7 Å². The predicted molar refractivity (Wildman–Crippen MR) is 281 cm³/mol. The van der Waals surface area contributed by atoms with E-state index in [9.17, 15) is 10.2 Å². The maximum atomic E-state index is 10.3. The number of nitrogen functional groups attached to an aromatic ring is 1. The third-order valence-corrected chi connectivity index (χ3v) is 14.0. The molecule has 4 atom stereocenters. The number of aryl methyl sites for hydroxylation is 5. The van der Waals surface area contributed by atoms with Gasteiger partial charge in [0.05, 0.1) is 11.8 Å². The van der Waals surface area contributed by atoms with Crippen molar-refractivity contribution in [2.75, 3.05) is 5.73 Å². The molecule has 0 bridgehead atoms. The molecule has 4 unspecified atom stereocenters. The highest BCUT2D eigenvalue weighted by Gasteiger charge is 2.18. The molecule has 4 nitrogen and oxygen atoms in total. The van der Waals surface area contributed by atoms with Gasteiger partial charge in [0.25, 0.3) is 0 Å². The molecule has 0 saturated carbocycles. The predicted octanol–water partition coefficient (Wildman–Crippen LogP) is 15.8. The Balaban J connectivity index is 1.43. The second kappa shape index (κ2) is 25.9. The first kappa shape index (κ1) is 51.3. The highest BCUT2D eigenvalue weighted by Crippen LogP contribution is 2.34. The number of hydrogen-bond donors (Lipinski definition) is 3. The summed E-state index contributed by atoms with van der Waals surface area (Å²) < 4.78 is 0. The van der Waals surface area contributed by atoms with Crippen molar-refractivity contribution in [1.29, 1.82) is 0 Å². The van der Waals surface area contributed by atoms with Gasteiger partial charge in [0, 0.05) is 11.4 Å². The van der Waals surface area contributed by atoms with Crippen LogP contribution in [-0.4, -0.2) is 22.0 Å². The van der Waals surface area contributed by atoms with Crippen molar-refractivity contribution in [2.45, 2.75) is 183 Å². The molecule has 4 aromatic carbocycles. The number of rotatable bonds is 25. The van der Waals surface area contributed by atoms with Gasteiger partial charge in [-0.1, -0.05) is 153 Å². The fraction of sp³-hybridized carbons (Fsp3) is 0.492. The van der Waals surface area contributed by atoms with Crippen LogP contribution in [0.1, 0.15) is 188 Å². The molecule has 0 amide bonds. The lowest BCUT2D eigenvalue weighted by atomic mass is 9.83. The Bertz CT molecular complexity index is 2250. The van der Waals surface area contributed by atoms with E-state index in [1.54, 1.807) is 11.6 Å². The summed E-state index contributed by atoms with van der Waals surface area (Å²) in [7, 11) is 0. The van der Waals surface area contributed by atoms with Crippen LogP contribution in [0.5, 0.6) is 5.75 Å². The number of aromatic hydroxyl groups is 1. The van der Waals surface area contributed by atoms with Crippen molar-refractivity contribution < 1.29 is 10.2 Å². The van der Waals surface area contributed by atoms with Gasteiger partial charge < -0.3 is 15.9 Å². The fourth-order valence-corrected chi connectivity index (χ4v) is 10.0. The van der Waals surface area contributed by atoms with Gasteiger partial charge in [-0.2, -0.15) is 0 Å². The van der Waals surface area contributed by atoms with Gasteiger partial charge in [0.15, 0.2) is 0 Å². The van der Waals surface area contributed by atoms with Crippen molar-refractivity contribution >= 4 is 17.1 Å². The Morgan fingerprint density at radius 3 is 2.05 bits per heavy atom. The van der Waals surface area contributed by atoms with Gasteiger partial charge in [-0.3, -0.25) is 4.99 Å². The smallest absolute Gasteiger partial charge is 0.116 e. The monoisotopic (exact) mass is 877 g/mol. The van der Waals surface area contributed by atoms with Crippen LogP contribution < -0.4 is 5.73 Å². The van der Waals surface area contributed by atoms with Gasteiger partial charge in [0.1, 0.15) is 5.75 Å². The normalized spacial score (nSPS) is 15.8. The summed E-state index contributed by atoms with van der Waals surface area (Å²) in [5, 5.41) is 20.6. The number of nitrogens with two attached hydrogens (primary N) is 1. The molecule has 0 heterocycles. The summed E-state index contributed by atoms with van der Waals surface area (Å²) in [6.07, 6.45) is 26.6. The number of unbranched alkanes of at least 4 members (excludes halogenated alkanes) is 3. The molecule has 1 aliphatic carbocycles. The number of nitrogens with zero attached hydrogens (tertiary/aromatic N) is 1. The van der Waals surface area contributed by atoms with E-state index in [-0.39, 0.29) is 11.9 Å². The van der Waals surface area contributed by atoms with Gasteiger partial charge in [-0.05, 0) is 194 Å². The highest BCUT2D eigenvalue weighted by molar-refractivity contribution is 6.00. The third-order valence-electron chi connectivity index (χ3n) is 14.0. The van der Waals surface area contributed by atoms with Gasteiger partial charge >= 0.3 is 0 Å². The molecule has 5 rings (SSSR count). The Morgan fingerprint density at radius 1 is 0.754 bits per heavy atom. The first-order valence-electron chi connectivity index (χ1n) is 25.6. The minimum Gasteiger partial charge on any atom is -0.508 e. The van der Waals surface area contributed by atoms with Crippen LogP contribution >= 0.6 is 0 Å². The molecule has 0 spiro atoms. The number of hydrogen-bond acceptors (Lipinski definition) is 4. The zero-order valence-electron chi connectivity index (χ0n) is 41.9. The molecule has 0 fully saturated rings. The van der Waals surface area contributed by atoms with Crippen molar-refractivity contribution in [3.8, 4) is 5.75 Å². The second-order valence-corrected chi connectivity index (χ2v) is 19.4. The molecular formula is C61H84N2O2. The zero-order chi connectivity index (χ0) is 46.9. The van der Waals surface area contributed by atoms with E-state index in [0.717, 1.165) is 106 Å². The van der Waals surface area contributed by atoms with Crippen LogP contribution in [0.2, 0.25) is 0 Å². The SMILES string of the molecule is CCCCCC(=CC(C)Cc1ccc(C(C)CCC(C)C2=CC(O)CC=C2)c(CCCCc2cc(Cc3cc(CC)c(N)c(CC)c3)cc(CC)c2N=C(C)c2cccc(O)c2)c1)CC. The van der Waals surface area contributed by atoms with E-state index in [1.165, 1.54) is 81.3 Å². The third kappa shape index (κ3) is 15.2. The minimum atomic E-state index is -0.357. The average Bonchev–Trinajstić information content (AvgIpc) is 3.30. The lowest BCUT2D eigenvalue weighted by Gasteiger charge is -2.22. The average molecular weight is 877 g/mol. The molecule has 65 heavy (non-hydrogen) atoms. The molecule has 4 heteroatoms. The van der Waals surface area contributed by atoms with E-state index in [2.05, 4.69) is 129 Å². The summed E-state index contributed by atoms with van der Waals surface area (Å²) in [6, 6.07) is 24.3. The van der Waals surface area contributed by atoms with Crippen LogP contribution in [0.15, 0.2) is 107 Å². The first-order valence-corrected chi connectivity index (χ1v) is 25.6. The largest absolute Gasteiger partial charge is 0.508 e. The highest BCUT2D eigenvalue weighted by atomic mass is 16.3. The first-order chi connectivity index (χ1) is 31.3. The van der Waals surface area contributed by atoms with Crippen LogP contribution in [0.25, 0.3) is 0 Å². The fourth-order valence-electron chi connectivity index (χ4n) is 10.0. The minimum absolute atomic E-state index is 0.259. The Kier molecular flexibility index (Phi) is 20.4. The maximum Gasteiger partial charge on any atom is 0.116 e. The standard InChI is InChI=1S/C61H84N2O2/c1-10-15-16-21-46(11-2)32-42(6)33-47-30-31-59(44(8)29-28-43(7)53-24-19-26-57(64)40-53)55(35-47)22-17-18-23-56-39-49(34-48-36-50(12-3)60(62)51(13-4)37-48)38-52(14-5)61(56)63-45(9)54-25-20-27-58(65)41-54/h19-20,24-25,27,30-32,35-44,57,64-65H,10-18,21-23,26,28-29,33-34,62H2,1-9H3. The molecular weight excluding hydrogens is 793 g/mol. The van der Waals surface area contributed by atoms with Gasteiger partial charge in [-0.15, -0.1) is 0 Å². The number of aliphatic hydroxyl groups excluding tert-OH is 1. The van der Waals surface area contributed by atoms with Gasteiger partial charge in [0.2, 0.25) is 0 Å². The number of phenols is 1. The Labute approximate surface area is 395 Å². The lowest BCUT2D eigenvalue weighted by Crippen LogP contribution is -2.10. The molecule has 0 aromatic heterocycles. The number of anilines is 1. The van der Waals surface area contributed by atoms with Crippen LogP contribution in [0.3, 0.4) is 0 Å². The summed E-state index contributed by atoms with van der Waals surface area (Å²) in [6.45, 7) is 20.4. The number of benzene rings is 4. The maximum absolute atomic E-state index is 10.3. The number of aliphatic hydroxyl groups is 1. The summed E-state index contributed by atoms with van der Waals surface area (Å²) >= 11 is 0. The van der Waals surface area contributed by atoms with Crippen molar-refractivity contribution in [1.82, 2.24) is 0 Å². The van der Waals surface area contributed by atoms with Crippen LogP contribution in [0.4, 0.5) is 11.4 Å². The van der Waals surface area contributed by atoms with Crippen molar-refractivity contribution in [3.63, 3.8) is 0 Å². The summed E-state index contributed by atoms with van der Waals surface area (Å²) in [5.74, 6) is 1.63. The molecule has 4 aromatic rings. The number of aliphatic imine (C=N–C) groups is 1. The van der Waals surface area contributed by atoms with Gasteiger partial charge in [-0.25, -0.2) is 0 Å². The quantitative estimate of drug-likeness (QED) is 0.0269. The Morgan fingerprint density at radius 2 is 1.40 bits per heavy atom. The van der Waals surface area contributed by atoms with Crippen molar-refractivity contribution in [2.24, 2.45) is 16.8 Å². The molecule has 0 saturated heterocycles. The van der Waals surface area contributed by atoms with E-state index in [1.807, 2.05) is 18.2 Å². The van der Waals surface area contributed by atoms with Crippen molar-refractivity contribution in [3.05, 3.63) is 158 Å². The van der Waals surface area contributed by atoms with E-state index < -0.39 is 0 Å². The summed E-state index contributed by atoms with van der Waals surface area (Å²) in [5.41, 5.74) is 25.5. The molecule has 0 aliphatic heterocycles. The molecule has 4 N–H and O–H groups in total. The molecule has 1 aliphatic rings. The second-order valence-electron chi connectivity index (χ2n) is 19.4. The van der Waals surface area contributed by atoms with Crippen LogP contribution in [-0.2, 0) is 44.9 Å². The van der Waals surface area contributed by atoms with Crippen LogP contribution in [0, 0.1) is 11.8 Å². The molecule has 0 radical (unpaired) electrons.